The van der Waals surface area contributed by atoms with Crippen LogP contribution in [0.2, 0.25) is 0 Å². The summed E-state index contributed by atoms with van der Waals surface area (Å²) in [4.78, 5) is 26.8. The first-order valence-corrected chi connectivity index (χ1v) is 6.51. The van der Waals surface area contributed by atoms with Crippen LogP contribution in [0.5, 0.6) is 0 Å². The average molecular weight is 279 g/mol. The number of fused-ring (bicyclic) bond motifs is 1. The summed E-state index contributed by atoms with van der Waals surface area (Å²) in [5.74, 6) is -0.148. The molecule has 3 aromatic rings. The van der Waals surface area contributed by atoms with Crippen molar-refractivity contribution in [2.45, 2.75) is 6.54 Å². The molecule has 104 valence electrons. The van der Waals surface area contributed by atoms with Crippen LogP contribution in [-0.2, 0) is 6.54 Å². The summed E-state index contributed by atoms with van der Waals surface area (Å²) in [6.45, 7) is 0.417. The molecule has 3 rings (SSSR count). The SMILES string of the molecule is O=Cc1ccc(CNC(=O)c2ccc3nccn3c2)cc1. The second-order valence-corrected chi connectivity index (χ2v) is 4.65. The van der Waals surface area contributed by atoms with E-state index in [1.807, 2.05) is 12.1 Å². The van der Waals surface area contributed by atoms with E-state index < -0.39 is 0 Å². The van der Waals surface area contributed by atoms with Crippen LogP contribution >= 0.6 is 0 Å². The second-order valence-electron chi connectivity index (χ2n) is 4.65. The fraction of sp³-hybridized carbons (Fsp3) is 0.0625. The number of hydrogen-bond acceptors (Lipinski definition) is 3. The van der Waals surface area contributed by atoms with Gasteiger partial charge in [0, 0.05) is 30.7 Å². The van der Waals surface area contributed by atoms with Gasteiger partial charge in [0.25, 0.3) is 5.91 Å². The molecular formula is C16H13N3O2. The van der Waals surface area contributed by atoms with Gasteiger partial charge in [-0.2, -0.15) is 0 Å². The lowest BCUT2D eigenvalue weighted by Gasteiger charge is -2.06. The molecule has 0 aliphatic rings. The van der Waals surface area contributed by atoms with E-state index in [4.69, 9.17) is 0 Å². The van der Waals surface area contributed by atoms with Crippen molar-refractivity contribution in [1.29, 1.82) is 0 Å². The highest BCUT2D eigenvalue weighted by Gasteiger charge is 2.06. The molecule has 0 aliphatic heterocycles. The molecule has 5 heteroatoms. The predicted octanol–water partition coefficient (Wildman–Crippen LogP) is 2.08. The van der Waals surface area contributed by atoms with Gasteiger partial charge in [-0.25, -0.2) is 4.98 Å². The summed E-state index contributed by atoms with van der Waals surface area (Å²) in [7, 11) is 0. The lowest BCUT2D eigenvalue weighted by molar-refractivity contribution is 0.0950. The Morgan fingerprint density at radius 1 is 1.19 bits per heavy atom. The number of nitrogens with zero attached hydrogens (tertiary/aromatic N) is 2. The van der Waals surface area contributed by atoms with E-state index in [1.165, 1.54) is 0 Å². The molecule has 0 radical (unpaired) electrons. The quantitative estimate of drug-likeness (QED) is 0.744. The van der Waals surface area contributed by atoms with Crippen LogP contribution in [0, 0.1) is 0 Å². The Morgan fingerprint density at radius 2 is 2.00 bits per heavy atom. The van der Waals surface area contributed by atoms with Crippen LogP contribution in [0.3, 0.4) is 0 Å². The first-order valence-electron chi connectivity index (χ1n) is 6.51. The maximum atomic E-state index is 12.1. The molecule has 1 amide bonds. The van der Waals surface area contributed by atoms with Crippen molar-refractivity contribution in [3.8, 4) is 0 Å². The fourth-order valence-electron chi connectivity index (χ4n) is 2.05. The normalized spacial score (nSPS) is 10.5. The monoisotopic (exact) mass is 279 g/mol. The Bertz CT molecular complexity index is 791. The second kappa shape index (κ2) is 5.58. The lowest BCUT2D eigenvalue weighted by Crippen LogP contribution is -2.23. The van der Waals surface area contributed by atoms with Crippen molar-refractivity contribution in [2.24, 2.45) is 0 Å². The zero-order valence-electron chi connectivity index (χ0n) is 11.2. The molecule has 21 heavy (non-hydrogen) atoms. The van der Waals surface area contributed by atoms with Crippen molar-refractivity contribution >= 4 is 17.8 Å². The fourth-order valence-corrected chi connectivity index (χ4v) is 2.05. The highest BCUT2D eigenvalue weighted by molar-refractivity contribution is 5.94. The molecule has 0 saturated heterocycles. The summed E-state index contributed by atoms with van der Waals surface area (Å²) >= 11 is 0. The lowest BCUT2D eigenvalue weighted by atomic mass is 10.1. The highest BCUT2D eigenvalue weighted by Crippen LogP contribution is 2.06. The Balaban J connectivity index is 1.68. The first-order chi connectivity index (χ1) is 10.3. The standard InChI is InChI=1S/C16H13N3O2/c20-11-13-3-1-12(2-4-13)9-18-16(21)14-5-6-15-17-7-8-19(15)10-14/h1-8,10-11H,9H2,(H,18,21). The number of benzene rings is 1. The van der Waals surface area contributed by atoms with Crippen LogP contribution in [0.25, 0.3) is 5.65 Å². The summed E-state index contributed by atoms with van der Waals surface area (Å²) < 4.78 is 1.80. The van der Waals surface area contributed by atoms with E-state index in [1.54, 1.807) is 47.3 Å². The average Bonchev–Trinajstić information content (AvgIpc) is 3.00. The van der Waals surface area contributed by atoms with Crippen LogP contribution in [-0.4, -0.2) is 21.6 Å². The number of aldehydes is 1. The number of pyridine rings is 1. The van der Waals surface area contributed by atoms with Gasteiger partial charge in [0.05, 0.1) is 5.56 Å². The van der Waals surface area contributed by atoms with Crippen LogP contribution in [0.4, 0.5) is 0 Å². The minimum Gasteiger partial charge on any atom is -0.348 e. The number of imidazole rings is 1. The molecule has 5 nitrogen and oxygen atoms in total. The van der Waals surface area contributed by atoms with Gasteiger partial charge < -0.3 is 9.72 Å². The molecule has 0 spiro atoms. The molecule has 1 N–H and O–H groups in total. The third-order valence-electron chi connectivity index (χ3n) is 3.22. The van der Waals surface area contributed by atoms with Crippen LogP contribution < -0.4 is 5.32 Å². The van der Waals surface area contributed by atoms with Gasteiger partial charge in [-0.1, -0.05) is 24.3 Å². The maximum absolute atomic E-state index is 12.1. The van der Waals surface area contributed by atoms with Gasteiger partial charge in [0.2, 0.25) is 0 Å². The molecule has 2 aromatic heterocycles. The maximum Gasteiger partial charge on any atom is 0.253 e. The van der Waals surface area contributed by atoms with Crippen LogP contribution in [0.15, 0.2) is 55.0 Å². The molecule has 0 atom stereocenters. The Kier molecular flexibility index (Phi) is 3.47. The van der Waals surface area contributed by atoms with Gasteiger partial charge in [-0.05, 0) is 17.7 Å². The van der Waals surface area contributed by atoms with Gasteiger partial charge in [-0.15, -0.1) is 0 Å². The van der Waals surface area contributed by atoms with Crippen molar-refractivity contribution in [3.63, 3.8) is 0 Å². The van der Waals surface area contributed by atoms with Crippen molar-refractivity contribution in [3.05, 3.63) is 71.7 Å². The molecule has 0 unspecified atom stereocenters. The van der Waals surface area contributed by atoms with Gasteiger partial charge in [0.1, 0.15) is 11.9 Å². The van der Waals surface area contributed by atoms with Crippen LogP contribution in [0.1, 0.15) is 26.3 Å². The van der Waals surface area contributed by atoms with E-state index in [9.17, 15) is 9.59 Å². The highest BCUT2D eigenvalue weighted by atomic mass is 16.1. The minimum absolute atomic E-state index is 0.148. The van der Waals surface area contributed by atoms with E-state index in [2.05, 4.69) is 10.3 Å². The summed E-state index contributed by atoms with van der Waals surface area (Å²) in [6.07, 6.45) is 6.02. The van der Waals surface area contributed by atoms with Gasteiger partial charge >= 0.3 is 0 Å². The largest absolute Gasteiger partial charge is 0.348 e. The Hall–Kier alpha value is -2.95. The number of hydrogen-bond donors (Lipinski definition) is 1. The number of carbonyl (C=O) groups excluding carboxylic acids is 2. The third kappa shape index (κ3) is 2.81. The van der Waals surface area contributed by atoms with E-state index >= 15 is 0 Å². The molecule has 1 aromatic carbocycles. The topological polar surface area (TPSA) is 63.5 Å². The molecule has 0 saturated carbocycles. The molecule has 0 fully saturated rings. The molecular weight excluding hydrogens is 266 g/mol. The molecule has 0 aliphatic carbocycles. The zero-order valence-corrected chi connectivity index (χ0v) is 11.2. The van der Waals surface area contributed by atoms with Crippen molar-refractivity contribution in [1.82, 2.24) is 14.7 Å². The summed E-state index contributed by atoms with van der Waals surface area (Å²) in [5, 5.41) is 2.85. The predicted molar refractivity (Wildman–Crippen MR) is 78.2 cm³/mol. The smallest absolute Gasteiger partial charge is 0.253 e. The molecule has 2 heterocycles. The number of amides is 1. The van der Waals surface area contributed by atoms with E-state index in [0.29, 0.717) is 17.7 Å². The Labute approximate surface area is 121 Å². The van der Waals surface area contributed by atoms with E-state index in [0.717, 1.165) is 17.5 Å². The zero-order chi connectivity index (χ0) is 14.7. The van der Waals surface area contributed by atoms with Gasteiger partial charge in [-0.3, -0.25) is 9.59 Å². The van der Waals surface area contributed by atoms with E-state index in [-0.39, 0.29) is 5.91 Å². The molecule has 0 bridgehead atoms. The summed E-state index contributed by atoms with van der Waals surface area (Å²) in [5.41, 5.74) is 2.94. The minimum atomic E-state index is -0.148. The Morgan fingerprint density at radius 3 is 2.76 bits per heavy atom. The number of rotatable bonds is 4. The summed E-state index contributed by atoms with van der Waals surface area (Å²) in [6, 6.07) is 10.6. The van der Waals surface area contributed by atoms with Gasteiger partial charge in [0.15, 0.2) is 0 Å². The number of carbonyl (C=O) groups is 2. The van der Waals surface area contributed by atoms with Crippen molar-refractivity contribution in [2.75, 3.05) is 0 Å². The number of nitrogens with one attached hydrogen (secondary N) is 1. The number of aromatic nitrogens is 2. The first kappa shape index (κ1) is 13.1. The van der Waals surface area contributed by atoms with Crippen molar-refractivity contribution < 1.29 is 9.59 Å². The third-order valence-corrected chi connectivity index (χ3v) is 3.22.